The lowest BCUT2D eigenvalue weighted by molar-refractivity contribution is 0.174. The fourth-order valence-electron chi connectivity index (χ4n) is 2.32. The van der Waals surface area contributed by atoms with Gasteiger partial charge in [-0.2, -0.15) is 0 Å². The van der Waals surface area contributed by atoms with Crippen LogP contribution in [0, 0.1) is 0 Å². The molecule has 0 bridgehead atoms. The SMILES string of the molecule is CN(Cc1ccc2c(c1)OCO2)Cc1ccccc1Br. The maximum atomic E-state index is 5.41. The van der Waals surface area contributed by atoms with Crippen LogP contribution in [-0.4, -0.2) is 18.7 Å². The largest absolute Gasteiger partial charge is 0.454 e. The minimum absolute atomic E-state index is 0.325. The summed E-state index contributed by atoms with van der Waals surface area (Å²) in [5.74, 6) is 1.68. The zero-order chi connectivity index (χ0) is 13.9. The standard InChI is InChI=1S/C16H16BrNO2/c1-18(10-13-4-2-3-5-14(13)17)9-12-6-7-15-16(8-12)20-11-19-15/h2-8H,9-11H2,1H3. The summed E-state index contributed by atoms with van der Waals surface area (Å²) >= 11 is 3.59. The molecule has 0 aromatic heterocycles. The van der Waals surface area contributed by atoms with Gasteiger partial charge in [0.15, 0.2) is 11.5 Å². The van der Waals surface area contributed by atoms with Crippen LogP contribution < -0.4 is 9.47 Å². The molecule has 3 rings (SSSR count). The van der Waals surface area contributed by atoms with E-state index in [1.54, 1.807) is 0 Å². The number of fused-ring (bicyclic) bond motifs is 1. The van der Waals surface area contributed by atoms with Crippen molar-refractivity contribution in [2.75, 3.05) is 13.8 Å². The molecule has 0 unspecified atom stereocenters. The van der Waals surface area contributed by atoms with E-state index in [0.717, 1.165) is 29.1 Å². The Kier molecular flexibility index (Phi) is 3.94. The highest BCUT2D eigenvalue weighted by Crippen LogP contribution is 2.32. The Balaban J connectivity index is 1.67. The molecule has 4 heteroatoms. The minimum Gasteiger partial charge on any atom is -0.454 e. The molecule has 1 aliphatic heterocycles. The predicted molar refractivity (Wildman–Crippen MR) is 81.9 cm³/mol. The molecule has 2 aromatic carbocycles. The van der Waals surface area contributed by atoms with Gasteiger partial charge in [-0.1, -0.05) is 40.2 Å². The molecular weight excluding hydrogens is 318 g/mol. The molecule has 0 atom stereocenters. The summed E-state index contributed by atoms with van der Waals surface area (Å²) < 4.78 is 11.9. The van der Waals surface area contributed by atoms with Gasteiger partial charge in [0.1, 0.15) is 0 Å². The van der Waals surface area contributed by atoms with E-state index < -0.39 is 0 Å². The first-order valence-corrected chi connectivity index (χ1v) is 7.32. The van der Waals surface area contributed by atoms with Crippen molar-refractivity contribution in [1.29, 1.82) is 0 Å². The van der Waals surface area contributed by atoms with Crippen LogP contribution in [0.4, 0.5) is 0 Å². The third kappa shape index (κ3) is 2.97. The lowest BCUT2D eigenvalue weighted by atomic mass is 10.1. The summed E-state index contributed by atoms with van der Waals surface area (Å²) in [6.45, 7) is 2.10. The Morgan fingerprint density at radius 2 is 1.85 bits per heavy atom. The first kappa shape index (κ1) is 13.5. The van der Waals surface area contributed by atoms with E-state index in [9.17, 15) is 0 Å². The quantitative estimate of drug-likeness (QED) is 0.849. The molecule has 1 aliphatic rings. The number of hydrogen-bond acceptors (Lipinski definition) is 3. The molecule has 0 amide bonds. The normalized spacial score (nSPS) is 12.9. The number of rotatable bonds is 4. The Hall–Kier alpha value is -1.52. The lowest BCUT2D eigenvalue weighted by Crippen LogP contribution is -2.17. The summed E-state index contributed by atoms with van der Waals surface area (Å²) in [7, 11) is 2.12. The maximum absolute atomic E-state index is 5.41. The maximum Gasteiger partial charge on any atom is 0.231 e. The van der Waals surface area contributed by atoms with E-state index >= 15 is 0 Å². The van der Waals surface area contributed by atoms with Crippen LogP contribution in [0.25, 0.3) is 0 Å². The van der Waals surface area contributed by atoms with Gasteiger partial charge in [-0.15, -0.1) is 0 Å². The fourth-order valence-corrected chi connectivity index (χ4v) is 2.73. The van der Waals surface area contributed by atoms with Gasteiger partial charge in [0.25, 0.3) is 0 Å². The smallest absolute Gasteiger partial charge is 0.231 e. The van der Waals surface area contributed by atoms with E-state index in [1.165, 1.54) is 11.1 Å². The first-order valence-electron chi connectivity index (χ1n) is 6.53. The van der Waals surface area contributed by atoms with E-state index in [1.807, 2.05) is 12.1 Å². The highest BCUT2D eigenvalue weighted by atomic mass is 79.9. The molecule has 2 aromatic rings. The molecule has 0 fully saturated rings. The summed E-state index contributed by atoms with van der Waals surface area (Å²) in [4.78, 5) is 2.28. The van der Waals surface area contributed by atoms with Crippen molar-refractivity contribution in [1.82, 2.24) is 4.90 Å². The molecular formula is C16H16BrNO2. The fraction of sp³-hybridized carbons (Fsp3) is 0.250. The van der Waals surface area contributed by atoms with Crippen LogP contribution in [0.2, 0.25) is 0 Å². The van der Waals surface area contributed by atoms with Gasteiger partial charge in [-0.05, 0) is 36.4 Å². The van der Waals surface area contributed by atoms with Crippen LogP contribution >= 0.6 is 15.9 Å². The third-order valence-corrected chi connectivity index (χ3v) is 4.06. The average Bonchev–Trinajstić information content (AvgIpc) is 2.89. The third-order valence-electron chi connectivity index (χ3n) is 3.29. The van der Waals surface area contributed by atoms with Crippen molar-refractivity contribution in [2.24, 2.45) is 0 Å². The second kappa shape index (κ2) is 5.85. The van der Waals surface area contributed by atoms with E-state index in [4.69, 9.17) is 9.47 Å². The summed E-state index contributed by atoms with van der Waals surface area (Å²) in [6, 6.07) is 14.4. The van der Waals surface area contributed by atoms with Crippen molar-refractivity contribution < 1.29 is 9.47 Å². The second-order valence-electron chi connectivity index (χ2n) is 4.95. The molecule has 0 saturated carbocycles. The second-order valence-corrected chi connectivity index (χ2v) is 5.81. The molecule has 20 heavy (non-hydrogen) atoms. The van der Waals surface area contributed by atoms with Crippen LogP contribution in [0.15, 0.2) is 46.9 Å². The van der Waals surface area contributed by atoms with Crippen molar-refractivity contribution in [3.05, 3.63) is 58.1 Å². The van der Waals surface area contributed by atoms with E-state index in [0.29, 0.717) is 6.79 Å². The Morgan fingerprint density at radius 3 is 2.70 bits per heavy atom. The van der Waals surface area contributed by atoms with Crippen molar-refractivity contribution in [3.8, 4) is 11.5 Å². The highest BCUT2D eigenvalue weighted by molar-refractivity contribution is 9.10. The average molecular weight is 334 g/mol. The lowest BCUT2D eigenvalue weighted by Gasteiger charge is -2.18. The summed E-state index contributed by atoms with van der Waals surface area (Å²) in [5.41, 5.74) is 2.51. The zero-order valence-electron chi connectivity index (χ0n) is 11.3. The van der Waals surface area contributed by atoms with E-state index in [-0.39, 0.29) is 0 Å². The van der Waals surface area contributed by atoms with E-state index in [2.05, 4.69) is 58.2 Å². The van der Waals surface area contributed by atoms with Crippen LogP contribution in [-0.2, 0) is 13.1 Å². The van der Waals surface area contributed by atoms with Crippen LogP contribution in [0.3, 0.4) is 0 Å². The van der Waals surface area contributed by atoms with Gasteiger partial charge >= 0.3 is 0 Å². The Labute approximate surface area is 127 Å². The van der Waals surface area contributed by atoms with Gasteiger partial charge in [0.05, 0.1) is 0 Å². The highest BCUT2D eigenvalue weighted by Gasteiger charge is 2.14. The Morgan fingerprint density at radius 1 is 1.05 bits per heavy atom. The summed E-state index contributed by atoms with van der Waals surface area (Å²) in [6.07, 6.45) is 0. The van der Waals surface area contributed by atoms with Crippen molar-refractivity contribution in [2.45, 2.75) is 13.1 Å². The number of ether oxygens (including phenoxy) is 2. The van der Waals surface area contributed by atoms with Gasteiger partial charge in [-0.25, -0.2) is 0 Å². The van der Waals surface area contributed by atoms with Crippen LogP contribution in [0.1, 0.15) is 11.1 Å². The molecule has 0 N–H and O–H groups in total. The van der Waals surface area contributed by atoms with Gasteiger partial charge in [-0.3, -0.25) is 4.90 Å². The predicted octanol–water partition coefficient (Wildman–Crippen LogP) is 3.81. The molecule has 0 radical (unpaired) electrons. The number of benzene rings is 2. The molecule has 0 aliphatic carbocycles. The van der Waals surface area contributed by atoms with Crippen molar-refractivity contribution in [3.63, 3.8) is 0 Å². The molecule has 3 nitrogen and oxygen atoms in total. The molecule has 104 valence electrons. The minimum atomic E-state index is 0.325. The first-order chi connectivity index (χ1) is 9.72. The Bertz CT molecular complexity index is 615. The van der Waals surface area contributed by atoms with Gasteiger partial charge in [0.2, 0.25) is 6.79 Å². The van der Waals surface area contributed by atoms with Gasteiger partial charge in [0, 0.05) is 17.6 Å². The van der Waals surface area contributed by atoms with Crippen LogP contribution in [0.5, 0.6) is 11.5 Å². The molecule has 0 spiro atoms. The van der Waals surface area contributed by atoms with Gasteiger partial charge < -0.3 is 9.47 Å². The molecule has 0 saturated heterocycles. The van der Waals surface area contributed by atoms with Crippen molar-refractivity contribution >= 4 is 15.9 Å². The monoisotopic (exact) mass is 333 g/mol. The number of nitrogens with zero attached hydrogens (tertiary/aromatic N) is 1. The topological polar surface area (TPSA) is 21.7 Å². The zero-order valence-corrected chi connectivity index (χ0v) is 12.9. The number of halogens is 1. The molecule has 1 heterocycles. The summed E-state index contributed by atoms with van der Waals surface area (Å²) in [5, 5.41) is 0. The number of hydrogen-bond donors (Lipinski definition) is 0.